The molecule has 1 aliphatic heterocycles. The van der Waals surface area contributed by atoms with Gasteiger partial charge in [0.25, 0.3) is 0 Å². The number of hydrogen-bond donors (Lipinski definition) is 1. The van der Waals surface area contributed by atoms with Crippen LogP contribution in [0.5, 0.6) is 5.75 Å². The maximum atomic E-state index is 12.4. The zero-order valence-corrected chi connectivity index (χ0v) is 8.26. The summed E-state index contributed by atoms with van der Waals surface area (Å²) in [7, 11) is 0. The quantitative estimate of drug-likeness (QED) is 0.550. The fourth-order valence-corrected chi connectivity index (χ4v) is 1.40. The van der Waals surface area contributed by atoms with Crippen molar-refractivity contribution in [2.75, 3.05) is 5.32 Å². The van der Waals surface area contributed by atoms with Gasteiger partial charge in [0.2, 0.25) is 0 Å². The number of benzene rings is 1. The van der Waals surface area contributed by atoms with Gasteiger partial charge in [0.15, 0.2) is 5.75 Å². The van der Waals surface area contributed by atoms with Crippen LogP contribution in [-0.4, -0.2) is 12.0 Å². The van der Waals surface area contributed by atoms with Gasteiger partial charge in [-0.3, -0.25) is 0 Å². The molecule has 0 saturated carbocycles. The molecule has 1 N–H and O–H groups in total. The number of rotatable bonds is 0. The van der Waals surface area contributed by atoms with Crippen molar-refractivity contribution in [1.82, 2.24) is 0 Å². The number of ether oxygens (including phenoxy) is 1. The summed E-state index contributed by atoms with van der Waals surface area (Å²) in [5.41, 5.74) is -0.592. The first-order chi connectivity index (χ1) is 7.38. The van der Waals surface area contributed by atoms with Crippen LogP contribution in [0.2, 0.25) is 0 Å². The summed E-state index contributed by atoms with van der Waals surface area (Å²) >= 11 is 0. The average Bonchev–Trinajstić information content (AvgIpc) is 2.17. The van der Waals surface area contributed by atoms with Crippen LogP contribution in [0, 0.1) is 0 Å². The second-order valence-electron chi connectivity index (χ2n) is 3.50. The first-order valence-corrected chi connectivity index (χ1v) is 4.57. The molecule has 0 saturated heterocycles. The Labute approximate surface area is 89.2 Å². The largest absolute Gasteiger partial charge is 0.423 e. The minimum absolute atomic E-state index is 0.121. The van der Waals surface area contributed by atoms with E-state index in [0.717, 1.165) is 18.2 Å². The Hall–Kier alpha value is -1.72. The van der Waals surface area contributed by atoms with Gasteiger partial charge in [-0.15, -0.1) is 0 Å². The number of hydrogen-bond acceptors (Lipinski definition) is 3. The highest BCUT2D eigenvalue weighted by molar-refractivity contribution is 5.86. The molecule has 0 bridgehead atoms. The molecule has 86 valence electrons. The molecule has 3 nitrogen and oxygen atoms in total. The van der Waals surface area contributed by atoms with Crippen molar-refractivity contribution >= 4 is 11.7 Å². The maximum Gasteiger partial charge on any atom is 0.416 e. The average molecular weight is 231 g/mol. The fourth-order valence-electron chi connectivity index (χ4n) is 1.40. The Morgan fingerprint density at radius 2 is 2.06 bits per heavy atom. The lowest BCUT2D eigenvalue weighted by atomic mass is 10.1. The second kappa shape index (κ2) is 3.40. The highest BCUT2D eigenvalue weighted by Crippen LogP contribution is 2.36. The standard InChI is InChI=1S/C10H8F3NO2/c1-5-9(15)16-8-3-2-6(10(11,12)13)4-7(8)14-5/h2-5,14H,1H3. The fraction of sp³-hybridized carbons (Fsp3) is 0.300. The van der Waals surface area contributed by atoms with Crippen molar-refractivity contribution in [2.24, 2.45) is 0 Å². The smallest absolute Gasteiger partial charge is 0.416 e. The summed E-state index contributed by atoms with van der Waals surface area (Å²) in [5.74, 6) is -0.386. The molecule has 1 atom stereocenters. The molecular formula is C10H8F3NO2. The van der Waals surface area contributed by atoms with Gasteiger partial charge in [0.1, 0.15) is 6.04 Å². The third-order valence-corrected chi connectivity index (χ3v) is 2.24. The predicted octanol–water partition coefficient (Wildman–Crippen LogP) is 2.42. The third-order valence-electron chi connectivity index (χ3n) is 2.24. The Balaban J connectivity index is 2.40. The third kappa shape index (κ3) is 1.82. The SMILES string of the molecule is CC1Nc2cc(C(F)(F)F)ccc2OC1=O. The van der Waals surface area contributed by atoms with E-state index >= 15 is 0 Å². The molecule has 0 amide bonds. The zero-order chi connectivity index (χ0) is 11.9. The van der Waals surface area contributed by atoms with Crippen LogP contribution in [0.1, 0.15) is 12.5 Å². The van der Waals surface area contributed by atoms with E-state index in [2.05, 4.69) is 5.32 Å². The second-order valence-corrected chi connectivity index (χ2v) is 3.50. The number of anilines is 1. The van der Waals surface area contributed by atoms with Crippen LogP contribution in [0.15, 0.2) is 18.2 Å². The topological polar surface area (TPSA) is 38.3 Å². The van der Waals surface area contributed by atoms with Crippen LogP contribution in [0.4, 0.5) is 18.9 Å². The van der Waals surface area contributed by atoms with E-state index in [4.69, 9.17) is 4.74 Å². The maximum absolute atomic E-state index is 12.4. The van der Waals surface area contributed by atoms with Crippen LogP contribution in [0.25, 0.3) is 0 Å². The van der Waals surface area contributed by atoms with Crippen molar-refractivity contribution in [3.05, 3.63) is 23.8 Å². The lowest BCUT2D eigenvalue weighted by Crippen LogP contribution is -2.34. The molecule has 1 aromatic rings. The van der Waals surface area contributed by atoms with Crippen LogP contribution >= 0.6 is 0 Å². The minimum Gasteiger partial charge on any atom is -0.423 e. The molecule has 1 heterocycles. The highest BCUT2D eigenvalue weighted by Gasteiger charge is 2.33. The number of alkyl halides is 3. The van der Waals surface area contributed by atoms with Gasteiger partial charge in [0, 0.05) is 0 Å². The van der Waals surface area contributed by atoms with Gasteiger partial charge >= 0.3 is 12.1 Å². The van der Waals surface area contributed by atoms with Crippen molar-refractivity contribution in [3.63, 3.8) is 0 Å². The summed E-state index contributed by atoms with van der Waals surface area (Å²) in [4.78, 5) is 11.1. The zero-order valence-electron chi connectivity index (χ0n) is 8.26. The highest BCUT2D eigenvalue weighted by atomic mass is 19.4. The number of carbonyl (C=O) groups is 1. The van der Waals surface area contributed by atoms with Crippen LogP contribution in [-0.2, 0) is 11.0 Å². The van der Waals surface area contributed by atoms with Gasteiger partial charge in [-0.1, -0.05) is 0 Å². The molecule has 0 aliphatic carbocycles. The molecule has 2 rings (SSSR count). The summed E-state index contributed by atoms with van der Waals surface area (Å²) in [6.07, 6.45) is -4.40. The molecule has 1 aliphatic rings. The number of carbonyl (C=O) groups excluding carboxylic acids is 1. The van der Waals surface area contributed by atoms with E-state index in [1.807, 2.05) is 0 Å². The Bertz CT molecular complexity index is 442. The van der Waals surface area contributed by atoms with Gasteiger partial charge in [-0.2, -0.15) is 13.2 Å². The van der Waals surface area contributed by atoms with E-state index in [0.29, 0.717) is 0 Å². The number of esters is 1. The number of fused-ring (bicyclic) bond motifs is 1. The lowest BCUT2D eigenvalue weighted by Gasteiger charge is -2.23. The minimum atomic E-state index is -4.40. The number of halogens is 3. The molecule has 6 heteroatoms. The van der Waals surface area contributed by atoms with Gasteiger partial charge in [0.05, 0.1) is 11.3 Å². The Kier molecular flexibility index (Phi) is 2.29. The van der Waals surface area contributed by atoms with Gasteiger partial charge in [-0.05, 0) is 25.1 Å². The number of nitrogens with one attached hydrogen (secondary N) is 1. The van der Waals surface area contributed by atoms with Crippen molar-refractivity contribution in [2.45, 2.75) is 19.1 Å². The Morgan fingerprint density at radius 3 is 2.69 bits per heavy atom. The molecule has 1 unspecified atom stereocenters. The Morgan fingerprint density at radius 1 is 1.38 bits per heavy atom. The van der Waals surface area contributed by atoms with E-state index in [1.165, 1.54) is 6.92 Å². The van der Waals surface area contributed by atoms with Crippen LogP contribution < -0.4 is 10.1 Å². The molecule has 0 fully saturated rings. The predicted molar refractivity (Wildman–Crippen MR) is 50.2 cm³/mol. The summed E-state index contributed by atoms with van der Waals surface area (Å²) in [6.45, 7) is 1.52. The monoisotopic (exact) mass is 231 g/mol. The molecule has 1 aromatic carbocycles. The first-order valence-electron chi connectivity index (χ1n) is 4.57. The van der Waals surface area contributed by atoms with Gasteiger partial charge < -0.3 is 10.1 Å². The van der Waals surface area contributed by atoms with Crippen LogP contribution in [0.3, 0.4) is 0 Å². The van der Waals surface area contributed by atoms with Gasteiger partial charge in [-0.25, -0.2) is 4.79 Å². The molecular weight excluding hydrogens is 223 g/mol. The summed E-state index contributed by atoms with van der Waals surface area (Å²) in [6, 6.07) is 2.30. The normalized spacial score (nSPS) is 19.8. The molecule has 16 heavy (non-hydrogen) atoms. The summed E-state index contributed by atoms with van der Waals surface area (Å²) < 4.78 is 42.0. The lowest BCUT2D eigenvalue weighted by molar-refractivity contribution is -0.137. The van der Waals surface area contributed by atoms with Crippen molar-refractivity contribution in [3.8, 4) is 5.75 Å². The van der Waals surface area contributed by atoms with E-state index < -0.39 is 23.8 Å². The first kappa shape index (κ1) is 10.8. The van der Waals surface area contributed by atoms with E-state index in [-0.39, 0.29) is 11.4 Å². The molecule has 0 radical (unpaired) electrons. The summed E-state index contributed by atoms with van der Waals surface area (Å²) in [5, 5.41) is 2.65. The van der Waals surface area contributed by atoms with E-state index in [1.54, 1.807) is 0 Å². The molecule has 0 aromatic heterocycles. The van der Waals surface area contributed by atoms with Crippen molar-refractivity contribution < 1.29 is 22.7 Å². The van der Waals surface area contributed by atoms with Crippen molar-refractivity contribution in [1.29, 1.82) is 0 Å². The van der Waals surface area contributed by atoms with E-state index in [9.17, 15) is 18.0 Å². The molecule has 0 spiro atoms.